The lowest BCUT2D eigenvalue weighted by molar-refractivity contribution is 0.294. The quantitative estimate of drug-likeness (QED) is 0.794. The minimum absolute atomic E-state index is 0.375. The molecule has 0 saturated carbocycles. The van der Waals surface area contributed by atoms with E-state index in [1.807, 2.05) is 30.3 Å². The van der Waals surface area contributed by atoms with Crippen molar-refractivity contribution in [3.8, 4) is 5.75 Å². The van der Waals surface area contributed by atoms with Crippen LogP contribution in [0, 0.1) is 0 Å². The van der Waals surface area contributed by atoms with E-state index in [0.29, 0.717) is 12.5 Å². The lowest BCUT2D eigenvalue weighted by atomic mass is 10.0. The number of nitrogens with zero attached hydrogens (tertiary/aromatic N) is 1. The van der Waals surface area contributed by atoms with E-state index in [9.17, 15) is 0 Å². The van der Waals surface area contributed by atoms with Crippen molar-refractivity contribution < 1.29 is 4.74 Å². The first-order valence-corrected chi connectivity index (χ1v) is 6.34. The molecule has 2 rings (SSSR count). The van der Waals surface area contributed by atoms with Crippen LogP contribution in [0.5, 0.6) is 5.75 Å². The number of rotatable bonds is 4. The van der Waals surface area contributed by atoms with Crippen LogP contribution >= 0.6 is 15.9 Å². The third-order valence-corrected chi connectivity index (χ3v) is 3.04. The topological polar surface area (TPSA) is 22.1 Å². The van der Waals surface area contributed by atoms with Crippen LogP contribution in [0.3, 0.4) is 0 Å². The summed E-state index contributed by atoms with van der Waals surface area (Å²) in [7, 11) is 0. The molecule has 0 fully saturated rings. The van der Waals surface area contributed by atoms with Gasteiger partial charge in [0.2, 0.25) is 0 Å². The summed E-state index contributed by atoms with van der Waals surface area (Å²) in [5.41, 5.74) is 1.29. The normalized spacial score (nSPS) is 12.1. The molecular weight excluding hydrogens is 278 g/mol. The van der Waals surface area contributed by atoms with Crippen molar-refractivity contribution in [1.29, 1.82) is 0 Å². The fourth-order valence-corrected chi connectivity index (χ4v) is 1.78. The van der Waals surface area contributed by atoms with Gasteiger partial charge < -0.3 is 4.74 Å². The van der Waals surface area contributed by atoms with Crippen LogP contribution in [-0.2, 0) is 0 Å². The van der Waals surface area contributed by atoms with Gasteiger partial charge in [-0.05, 0) is 33.6 Å². The zero-order chi connectivity index (χ0) is 12.1. The van der Waals surface area contributed by atoms with Gasteiger partial charge in [0.05, 0.1) is 12.8 Å². The summed E-state index contributed by atoms with van der Waals surface area (Å²) < 4.78 is 6.51. The van der Waals surface area contributed by atoms with Gasteiger partial charge in [0, 0.05) is 5.92 Å². The van der Waals surface area contributed by atoms with Gasteiger partial charge in [-0.1, -0.05) is 37.3 Å². The lowest BCUT2D eigenvalue weighted by Crippen LogP contribution is -2.06. The highest BCUT2D eigenvalue weighted by molar-refractivity contribution is 9.10. The van der Waals surface area contributed by atoms with E-state index in [2.05, 4.69) is 40.0 Å². The monoisotopic (exact) mass is 291 g/mol. The number of hydrogen-bond donors (Lipinski definition) is 0. The van der Waals surface area contributed by atoms with Crippen molar-refractivity contribution in [2.24, 2.45) is 0 Å². The summed E-state index contributed by atoms with van der Waals surface area (Å²) in [4.78, 5) is 4.12. The summed E-state index contributed by atoms with van der Waals surface area (Å²) >= 11 is 3.30. The number of halogens is 1. The molecule has 1 atom stereocenters. The molecule has 17 heavy (non-hydrogen) atoms. The van der Waals surface area contributed by atoms with E-state index in [-0.39, 0.29) is 0 Å². The molecule has 88 valence electrons. The van der Waals surface area contributed by atoms with Crippen LogP contribution in [0.1, 0.15) is 18.4 Å². The fourth-order valence-electron chi connectivity index (χ4n) is 1.55. The summed E-state index contributed by atoms with van der Waals surface area (Å²) in [6.07, 6.45) is 1.72. The molecule has 3 heteroatoms. The zero-order valence-electron chi connectivity index (χ0n) is 9.64. The van der Waals surface area contributed by atoms with Gasteiger partial charge in [-0.15, -0.1) is 0 Å². The number of ether oxygens (including phenoxy) is 1. The van der Waals surface area contributed by atoms with Gasteiger partial charge in [0.25, 0.3) is 0 Å². The number of hydrogen-bond acceptors (Lipinski definition) is 2. The predicted octanol–water partition coefficient (Wildman–Crippen LogP) is 4.03. The van der Waals surface area contributed by atoms with E-state index < -0.39 is 0 Å². The second-order valence-electron chi connectivity index (χ2n) is 3.94. The molecule has 0 amide bonds. The first-order chi connectivity index (χ1) is 8.25. The molecule has 1 heterocycles. The van der Waals surface area contributed by atoms with Crippen LogP contribution in [-0.4, -0.2) is 11.6 Å². The molecule has 1 aromatic carbocycles. The minimum Gasteiger partial charge on any atom is -0.491 e. The minimum atomic E-state index is 0.375. The number of aromatic nitrogens is 1. The standard InChI is InChI=1S/C14H14BrNO/c1-11(12-5-3-2-4-6-12)10-17-13-7-8-14(15)16-9-13/h2-9,11H,10H2,1H3/t11-/m0/s1. The van der Waals surface area contributed by atoms with Gasteiger partial charge >= 0.3 is 0 Å². The summed E-state index contributed by atoms with van der Waals surface area (Å²) in [5.74, 6) is 1.18. The SMILES string of the molecule is C[C@@H](COc1ccc(Br)nc1)c1ccccc1. The third-order valence-electron chi connectivity index (χ3n) is 2.57. The van der Waals surface area contributed by atoms with Crippen molar-refractivity contribution in [2.75, 3.05) is 6.61 Å². The molecule has 0 aliphatic heterocycles. The first kappa shape index (κ1) is 12.1. The smallest absolute Gasteiger partial charge is 0.137 e. The van der Waals surface area contributed by atoms with Crippen molar-refractivity contribution >= 4 is 15.9 Å². The molecule has 0 saturated heterocycles. The summed E-state index contributed by atoms with van der Waals surface area (Å²) in [5, 5.41) is 0. The Hall–Kier alpha value is -1.35. The highest BCUT2D eigenvalue weighted by Gasteiger charge is 2.05. The number of benzene rings is 1. The van der Waals surface area contributed by atoms with E-state index in [4.69, 9.17) is 4.74 Å². The van der Waals surface area contributed by atoms with E-state index >= 15 is 0 Å². The van der Waals surface area contributed by atoms with Gasteiger partial charge in [0.1, 0.15) is 10.4 Å². The molecule has 0 radical (unpaired) electrons. The molecule has 2 nitrogen and oxygen atoms in total. The average molecular weight is 292 g/mol. The second-order valence-corrected chi connectivity index (χ2v) is 4.75. The molecule has 0 bridgehead atoms. The predicted molar refractivity (Wildman–Crippen MR) is 72.3 cm³/mol. The van der Waals surface area contributed by atoms with Gasteiger partial charge in [-0.3, -0.25) is 0 Å². The maximum absolute atomic E-state index is 5.69. The van der Waals surface area contributed by atoms with E-state index in [0.717, 1.165) is 10.4 Å². The lowest BCUT2D eigenvalue weighted by Gasteiger charge is -2.13. The Morgan fingerprint density at radius 2 is 1.94 bits per heavy atom. The molecule has 0 N–H and O–H groups in total. The second kappa shape index (κ2) is 5.82. The van der Waals surface area contributed by atoms with Crippen LogP contribution in [0.15, 0.2) is 53.3 Å². The van der Waals surface area contributed by atoms with E-state index in [1.165, 1.54) is 5.56 Å². The van der Waals surface area contributed by atoms with Gasteiger partial charge in [-0.2, -0.15) is 0 Å². The molecule has 2 aromatic rings. The maximum atomic E-state index is 5.69. The fraction of sp³-hybridized carbons (Fsp3) is 0.214. The summed E-state index contributed by atoms with van der Waals surface area (Å²) in [6.45, 7) is 2.81. The highest BCUT2D eigenvalue weighted by Crippen LogP contribution is 2.18. The molecule has 0 unspecified atom stereocenters. The molecule has 0 spiro atoms. The Balaban J connectivity index is 1.92. The van der Waals surface area contributed by atoms with Crippen LogP contribution in [0.4, 0.5) is 0 Å². The Bertz CT molecular complexity index is 455. The van der Waals surface area contributed by atoms with E-state index in [1.54, 1.807) is 6.20 Å². The zero-order valence-corrected chi connectivity index (χ0v) is 11.2. The first-order valence-electron chi connectivity index (χ1n) is 5.55. The van der Waals surface area contributed by atoms with Crippen molar-refractivity contribution in [3.05, 3.63) is 58.8 Å². The van der Waals surface area contributed by atoms with Crippen LogP contribution in [0.25, 0.3) is 0 Å². The molecule has 0 aliphatic carbocycles. The summed E-state index contributed by atoms with van der Waals surface area (Å²) in [6, 6.07) is 14.1. The molecular formula is C14H14BrNO. The number of pyridine rings is 1. The third kappa shape index (κ3) is 3.56. The molecule has 1 aromatic heterocycles. The van der Waals surface area contributed by atoms with Crippen molar-refractivity contribution in [1.82, 2.24) is 4.98 Å². The Morgan fingerprint density at radius 1 is 1.18 bits per heavy atom. The average Bonchev–Trinajstić information content (AvgIpc) is 2.39. The van der Waals surface area contributed by atoms with Crippen LogP contribution in [0.2, 0.25) is 0 Å². The van der Waals surface area contributed by atoms with Gasteiger partial charge in [0.15, 0.2) is 0 Å². The Morgan fingerprint density at radius 3 is 2.59 bits per heavy atom. The highest BCUT2D eigenvalue weighted by atomic mass is 79.9. The van der Waals surface area contributed by atoms with Crippen molar-refractivity contribution in [2.45, 2.75) is 12.8 Å². The van der Waals surface area contributed by atoms with Crippen LogP contribution < -0.4 is 4.74 Å². The molecule has 0 aliphatic rings. The van der Waals surface area contributed by atoms with Gasteiger partial charge in [-0.25, -0.2) is 4.98 Å². The van der Waals surface area contributed by atoms with Crippen molar-refractivity contribution in [3.63, 3.8) is 0 Å². The Labute approximate surface area is 110 Å². The largest absolute Gasteiger partial charge is 0.491 e. The maximum Gasteiger partial charge on any atom is 0.137 e. The Kier molecular flexibility index (Phi) is 4.15.